The Hall–Kier alpha value is -0.860. The summed E-state index contributed by atoms with van der Waals surface area (Å²) in [7, 11) is 0. The molecule has 2 radical (unpaired) electrons. The Bertz CT molecular complexity index is 431. The van der Waals surface area contributed by atoms with Gasteiger partial charge >= 0.3 is 0 Å². The van der Waals surface area contributed by atoms with Gasteiger partial charge in [0.05, 0.1) is 0 Å². The van der Waals surface area contributed by atoms with Gasteiger partial charge in [-0.3, -0.25) is 9.80 Å². The fourth-order valence-corrected chi connectivity index (χ4v) is 2.97. The van der Waals surface area contributed by atoms with Crippen LogP contribution in [0.15, 0.2) is 24.3 Å². The number of hydrogen-bond donors (Lipinski definition) is 0. The van der Waals surface area contributed by atoms with Crippen molar-refractivity contribution in [3.8, 4) is 0 Å². The van der Waals surface area contributed by atoms with Crippen molar-refractivity contribution in [2.75, 3.05) is 13.1 Å². The molecule has 0 saturated carbocycles. The van der Waals surface area contributed by atoms with Crippen LogP contribution in [0.25, 0.3) is 0 Å². The lowest BCUT2D eigenvalue weighted by molar-refractivity contribution is 0.0615. The van der Waals surface area contributed by atoms with Crippen LogP contribution in [0.5, 0.6) is 0 Å². The molecule has 1 aromatic carbocycles. The minimum absolute atomic E-state index is 0.104. The summed E-state index contributed by atoms with van der Waals surface area (Å²) in [6.45, 7) is 19.5. The van der Waals surface area contributed by atoms with Crippen molar-refractivity contribution >= 4 is 0 Å². The molecule has 3 rings (SSSR count). The maximum atomic E-state index is 3.73. The van der Waals surface area contributed by atoms with Gasteiger partial charge in [0, 0.05) is 24.2 Å². The van der Waals surface area contributed by atoms with Gasteiger partial charge in [0.1, 0.15) is 6.67 Å². The third-order valence-corrected chi connectivity index (χ3v) is 4.58. The second-order valence-corrected chi connectivity index (χ2v) is 8.77. The highest BCUT2D eigenvalue weighted by Gasteiger charge is 2.29. The Morgan fingerprint density at radius 2 is 1.04 bits per heavy atom. The van der Waals surface area contributed by atoms with Crippen molar-refractivity contribution < 1.29 is 0 Å². The van der Waals surface area contributed by atoms with Gasteiger partial charge in [-0.05, 0) is 78.4 Å². The Labute approximate surface area is 143 Å². The molecular formula is C21H34N2. The van der Waals surface area contributed by atoms with E-state index < -0.39 is 0 Å². The molecule has 0 amide bonds. The Morgan fingerprint density at radius 3 is 1.35 bits per heavy atom. The topological polar surface area (TPSA) is 6.48 Å². The molecular weight excluding hydrogens is 280 g/mol. The fraction of sp³-hybridized carbons (Fsp3) is 0.667. The molecule has 0 aromatic heterocycles. The van der Waals surface area contributed by atoms with Crippen LogP contribution in [0.4, 0.5) is 0 Å². The number of nitrogens with zero attached hydrogens (tertiary/aromatic N) is 2. The van der Waals surface area contributed by atoms with Crippen molar-refractivity contribution in [2.45, 2.75) is 78.3 Å². The summed E-state index contributed by atoms with van der Waals surface area (Å²) in [6.07, 6.45) is 4.62. The van der Waals surface area contributed by atoms with Gasteiger partial charge in [-0.25, -0.2) is 0 Å². The average Bonchev–Trinajstić information content (AvgIpc) is 2.46. The van der Waals surface area contributed by atoms with E-state index in [4.69, 9.17) is 0 Å². The standard InChI is InChI=1S/C21H34N2/c1-20(2,3)22-15-7-9-18-11-13-19(14-12-18)10-8-16-23(17-22)21(4,5)6/h11-14H,7-10,15-16H2,1-6H3. The van der Waals surface area contributed by atoms with E-state index in [1.807, 2.05) is 0 Å². The molecule has 2 bridgehead atoms. The van der Waals surface area contributed by atoms with Crippen molar-refractivity contribution in [1.29, 1.82) is 0 Å². The quantitative estimate of drug-likeness (QED) is 0.681. The molecule has 0 aliphatic carbocycles. The zero-order chi connectivity index (χ0) is 17.1. The third-order valence-electron chi connectivity index (χ3n) is 4.58. The van der Waals surface area contributed by atoms with E-state index in [0.29, 0.717) is 0 Å². The number of rotatable bonds is 0. The molecule has 0 saturated heterocycles. The van der Waals surface area contributed by atoms with Gasteiger partial charge in [-0.2, -0.15) is 0 Å². The summed E-state index contributed by atoms with van der Waals surface area (Å²) in [5.41, 5.74) is 3.11. The summed E-state index contributed by atoms with van der Waals surface area (Å²) < 4.78 is 0. The molecule has 2 heterocycles. The molecule has 0 fully saturated rings. The molecule has 2 nitrogen and oxygen atoms in total. The first kappa shape index (κ1) is 18.5. The van der Waals surface area contributed by atoms with Crippen LogP contribution < -0.4 is 0 Å². The average molecular weight is 315 g/mol. The number of aryl methyl sites for hydroxylation is 2. The number of benzene rings is 1. The van der Waals surface area contributed by atoms with E-state index in [1.54, 1.807) is 0 Å². The summed E-state index contributed by atoms with van der Waals surface area (Å²) in [4.78, 5) is 4.81. The van der Waals surface area contributed by atoms with Crippen molar-refractivity contribution in [3.63, 3.8) is 0 Å². The second kappa shape index (κ2) is 7.36. The van der Waals surface area contributed by atoms with Gasteiger partial charge in [-0.1, -0.05) is 24.3 Å². The SMILES string of the molecule is CC(C)(C)N1[C]N(C(C)(C)C)CCCc2ccc(cc2)CCC1. The molecule has 2 aliphatic rings. The van der Waals surface area contributed by atoms with Crippen LogP contribution in [-0.4, -0.2) is 34.0 Å². The molecule has 2 heteroatoms. The third kappa shape index (κ3) is 5.61. The van der Waals surface area contributed by atoms with Crippen molar-refractivity contribution in [3.05, 3.63) is 42.1 Å². The Kier molecular flexibility index (Phi) is 5.91. The maximum Gasteiger partial charge on any atom is 0.147 e. The lowest BCUT2D eigenvalue weighted by Crippen LogP contribution is -2.50. The molecule has 0 atom stereocenters. The van der Waals surface area contributed by atoms with Crippen LogP contribution in [-0.2, 0) is 12.8 Å². The van der Waals surface area contributed by atoms with E-state index in [9.17, 15) is 0 Å². The largest absolute Gasteiger partial charge is 0.275 e. The number of fused-ring (bicyclic) bond motifs is 10. The first-order valence-corrected chi connectivity index (χ1v) is 9.06. The molecule has 128 valence electrons. The molecule has 2 aliphatic heterocycles. The molecule has 0 N–H and O–H groups in total. The van der Waals surface area contributed by atoms with Crippen LogP contribution in [0.2, 0.25) is 0 Å². The van der Waals surface area contributed by atoms with Crippen LogP contribution in [0, 0.1) is 6.67 Å². The van der Waals surface area contributed by atoms with Gasteiger partial charge in [-0.15, -0.1) is 0 Å². The molecule has 23 heavy (non-hydrogen) atoms. The van der Waals surface area contributed by atoms with Crippen LogP contribution in [0.3, 0.4) is 0 Å². The van der Waals surface area contributed by atoms with Crippen LogP contribution >= 0.6 is 0 Å². The highest BCUT2D eigenvalue weighted by Crippen LogP contribution is 2.24. The fourth-order valence-electron chi connectivity index (χ4n) is 2.97. The van der Waals surface area contributed by atoms with Gasteiger partial charge in [0.2, 0.25) is 0 Å². The van der Waals surface area contributed by atoms with E-state index in [2.05, 4.69) is 82.3 Å². The zero-order valence-electron chi connectivity index (χ0n) is 15.9. The first-order chi connectivity index (χ1) is 10.7. The summed E-state index contributed by atoms with van der Waals surface area (Å²) in [6, 6.07) is 9.24. The van der Waals surface area contributed by atoms with E-state index in [-0.39, 0.29) is 11.1 Å². The normalized spacial score (nSPS) is 19.9. The minimum atomic E-state index is 0.104. The smallest absolute Gasteiger partial charge is 0.147 e. The summed E-state index contributed by atoms with van der Waals surface area (Å²) in [5, 5.41) is 0. The Balaban J connectivity index is 2.20. The summed E-state index contributed by atoms with van der Waals surface area (Å²) in [5.74, 6) is 0. The van der Waals surface area contributed by atoms with Gasteiger partial charge in [0.25, 0.3) is 0 Å². The highest BCUT2D eigenvalue weighted by atomic mass is 15.4. The maximum absolute atomic E-state index is 3.73. The lowest BCUT2D eigenvalue weighted by atomic mass is 10.0. The minimum Gasteiger partial charge on any atom is -0.275 e. The van der Waals surface area contributed by atoms with Crippen molar-refractivity contribution in [1.82, 2.24) is 9.80 Å². The van der Waals surface area contributed by atoms with Crippen molar-refractivity contribution in [2.24, 2.45) is 0 Å². The predicted octanol–water partition coefficient (Wildman–Crippen LogP) is 4.76. The van der Waals surface area contributed by atoms with E-state index in [1.165, 1.54) is 24.0 Å². The molecule has 0 unspecified atom stereocenters. The molecule has 1 aromatic rings. The monoisotopic (exact) mass is 314 g/mol. The number of hydrogen-bond acceptors (Lipinski definition) is 2. The lowest BCUT2D eigenvalue weighted by Gasteiger charge is -2.43. The highest BCUT2D eigenvalue weighted by molar-refractivity contribution is 5.22. The zero-order valence-corrected chi connectivity index (χ0v) is 15.9. The van der Waals surface area contributed by atoms with E-state index in [0.717, 1.165) is 25.9 Å². The van der Waals surface area contributed by atoms with Crippen LogP contribution in [0.1, 0.15) is 65.5 Å². The van der Waals surface area contributed by atoms with Gasteiger partial charge < -0.3 is 0 Å². The second-order valence-electron chi connectivity index (χ2n) is 8.77. The predicted molar refractivity (Wildman–Crippen MR) is 99.2 cm³/mol. The first-order valence-electron chi connectivity index (χ1n) is 9.06. The van der Waals surface area contributed by atoms with E-state index >= 15 is 0 Å². The summed E-state index contributed by atoms with van der Waals surface area (Å²) >= 11 is 0. The Morgan fingerprint density at radius 1 is 0.696 bits per heavy atom. The molecule has 0 spiro atoms. The van der Waals surface area contributed by atoms with Gasteiger partial charge in [0.15, 0.2) is 0 Å².